The van der Waals surface area contributed by atoms with Gasteiger partial charge in [0.1, 0.15) is 6.67 Å². The molecule has 6 aromatic rings. The SMILES string of the molecule is CC(C)(C)c1ccc(C(NCCCN=C(N)N)C(F)F)cc1.CC(C)(C)c1ccc(CNC(CCN=C(N)N)C(F)F)cc1.CC(C)(C)c1ccc(CNC(CF)CCN=C(N)N)cc1.CC(CN=C(N)N)CNCc1ccc(C(C)(C)C)cc1.CC(CN=C(N)N)CNCc1ccc(C(C)(C)C)cc1.CC(NCCCN=C(N)N)c1ccc(C(C)(C)C)cc1. The Kier molecular flexibility index (Phi) is 52.5. The molecule has 0 heterocycles. The highest BCUT2D eigenvalue weighted by molar-refractivity contribution is 5.77. The lowest BCUT2D eigenvalue weighted by molar-refractivity contribution is 0.0943. The topological polar surface area (TPSA) is 459 Å². The molecule has 0 aliphatic carbocycles. The summed E-state index contributed by atoms with van der Waals surface area (Å²) >= 11 is 0. The van der Waals surface area contributed by atoms with Crippen LogP contribution < -0.4 is 101 Å². The highest BCUT2D eigenvalue weighted by Gasteiger charge is 2.25. The van der Waals surface area contributed by atoms with Crippen LogP contribution in [0.3, 0.4) is 0 Å². The third-order valence-electron chi connectivity index (χ3n) is 20.0. The number of hydrogen-bond acceptors (Lipinski definition) is 12. The summed E-state index contributed by atoms with van der Waals surface area (Å²) in [7, 11) is 0. The molecule has 6 atom stereocenters. The van der Waals surface area contributed by atoms with Crippen LogP contribution in [0.25, 0.3) is 0 Å². The molecule has 0 aliphatic heterocycles. The van der Waals surface area contributed by atoms with Crippen molar-refractivity contribution in [1.29, 1.82) is 0 Å². The van der Waals surface area contributed by atoms with Crippen LogP contribution in [0.4, 0.5) is 22.0 Å². The molecule has 6 unspecified atom stereocenters. The maximum atomic E-state index is 13.2. The van der Waals surface area contributed by atoms with E-state index in [2.05, 4.69) is 304 Å². The lowest BCUT2D eigenvalue weighted by Crippen LogP contribution is -2.36. The highest BCUT2D eigenvalue weighted by atomic mass is 19.3. The Morgan fingerprint density at radius 2 is 0.584 bits per heavy atom. The molecule has 0 fully saturated rings. The first-order chi connectivity index (χ1) is 58.1. The first kappa shape index (κ1) is 113. The Labute approximate surface area is 747 Å². The molecule has 0 aromatic heterocycles. The van der Waals surface area contributed by atoms with Crippen molar-refractivity contribution >= 4 is 35.8 Å². The molecule has 0 aliphatic rings. The van der Waals surface area contributed by atoms with Gasteiger partial charge in [-0.15, -0.1) is 0 Å². The number of alkyl halides is 5. The van der Waals surface area contributed by atoms with Crippen molar-refractivity contribution in [3.05, 3.63) is 212 Å². The fraction of sp³-hybridized carbons (Fsp3) is 0.562. The summed E-state index contributed by atoms with van der Waals surface area (Å²) in [5, 5.41) is 19.3. The smallest absolute Gasteiger partial charge is 0.257 e. The molecular formula is C96H163F5N24. The minimum Gasteiger partial charge on any atom is -0.370 e. The third kappa shape index (κ3) is 53.4. The number of aliphatic imine (C=N–C) groups is 6. The van der Waals surface area contributed by atoms with Gasteiger partial charge < -0.3 is 101 Å². The number of nitrogens with one attached hydrogen (secondary N) is 6. The standard InChI is InChI=1S/2C16H26F2N4.C16H27FN4.3C16H28N4/c1-16(2,3)12-7-5-11(6-8-12)13(14(17)18)21-9-4-10-22-15(19)20;1-16(2,3)12-6-4-11(5-7-12)10-22-13(14(17)18)8-9-21-15(19)20;1-16(2,3)13-6-4-12(5-7-13)11-21-14(10-17)8-9-20-15(18)19;1-12(19-10-5-11-20-15(17)18)13-6-8-14(9-7-13)16(2,3)4;2*1-12(10-20-15(17)18)9-19-11-13-5-7-14(8-6-13)16(2,3)4/h5-8,13-14,21H,4,9-10H2,1-3H3,(H4,19,20,22);4-7,13-14,22H,8-10H2,1-3H3,(H4,19,20,21);4-7,14,21H,8-11H2,1-3H3,(H4,18,19,20);6-9,12,19H,5,10-11H2,1-4H3,(H4,17,18,20);2*5-8,12,19H,9-11H2,1-4H3,(H4,17,18,20). The average molecular weight is 1750 g/mol. The fourth-order valence-corrected chi connectivity index (χ4v) is 11.9. The van der Waals surface area contributed by atoms with Crippen molar-refractivity contribution in [3.8, 4) is 0 Å². The van der Waals surface area contributed by atoms with Crippen LogP contribution in [0.5, 0.6) is 0 Å². The van der Waals surface area contributed by atoms with E-state index in [1.807, 2.05) is 36.4 Å². The van der Waals surface area contributed by atoms with Gasteiger partial charge in [0.2, 0.25) is 0 Å². The molecule has 125 heavy (non-hydrogen) atoms. The van der Waals surface area contributed by atoms with Gasteiger partial charge in [-0.25, -0.2) is 22.0 Å². The Hall–Kier alpha value is -9.65. The third-order valence-corrected chi connectivity index (χ3v) is 20.0. The van der Waals surface area contributed by atoms with E-state index in [-0.39, 0.29) is 87.3 Å². The average Bonchev–Trinajstić information content (AvgIpc) is 0.870. The van der Waals surface area contributed by atoms with Gasteiger partial charge in [0.15, 0.2) is 35.8 Å². The van der Waals surface area contributed by atoms with Crippen LogP contribution in [0, 0.1) is 11.8 Å². The predicted octanol–water partition coefficient (Wildman–Crippen LogP) is 13.3. The number of guanidine groups is 6. The number of halogens is 5. The first-order valence-electron chi connectivity index (χ1n) is 43.5. The predicted molar refractivity (Wildman–Crippen MR) is 522 cm³/mol. The van der Waals surface area contributed by atoms with Gasteiger partial charge in [-0.1, -0.05) is 284 Å². The van der Waals surface area contributed by atoms with Crippen LogP contribution in [0.15, 0.2) is 176 Å². The largest absolute Gasteiger partial charge is 0.370 e. The Balaban J connectivity index is 0.000000750. The normalized spacial score (nSPS) is 13.1. The Morgan fingerprint density at radius 1 is 0.312 bits per heavy atom. The van der Waals surface area contributed by atoms with E-state index in [4.69, 9.17) is 68.8 Å². The summed E-state index contributed by atoms with van der Waals surface area (Å²) in [6.45, 7) is 54.2. The van der Waals surface area contributed by atoms with Crippen molar-refractivity contribution in [2.24, 2.45) is 111 Å². The molecule has 6 rings (SSSR count). The van der Waals surface area contributed by atoms with Gasteiger partial charge in [-0.05, 0) is 170 Å². The molecule has 24 nitrogen and oxygen atoms in total. The maximum Gasteiger partial charge on any atom is 0.257 e. The number of hydrogen-bond donors (Lipinski definition) is 18. The maximum absolute atomic E-state index is 13.2. The van der Waals surface area contributed by atoms with Crippen LogP contribution in [0.2, 0.25) is 0 Å². The van der Waals surface area contributed by atoms with E-state index in [0.29, 0.717) is 88.6 Å². The van der Waals surface area contributed by atoms with Crippen LogP contribution in [-0.4, -0.2) is 133 Å². The van der Waals surface area contributed by atoms with E-state index in [9.17, 15) is 22.0 Å². The molecule has 0 radical (unpaired) electrons. The summed E-state index contributed by atoms with van der Waals surface area (Å²) in [6, 6.07) is 48.4. The number of nitrogens with two attached hydrogens (primary N) is 12. The lowest BCUT2D eigenvalue weighted by Gasteiger charge is -2.22. The molecule has 0 saturated carbocycles. The van der Waals surface area contributed by atoms with Crippen molar-refractivity contribution in [1.82, 2.24) is 31.9 Å². The highest BCUT2D eigenvalue weighted by Crippen LogP contribution is 2.30. The number of rotatable bonds is 39. The van der Waals surface area contributed by atoms with E-state index < -0.39 is 31.6 Å². The van der Waals surface area contributed by atoms with Crippen molar-refractivity contribution in [2.75, 3.05) is 72.1 Å². The van der Waals surface area contributed by atoms with E-state index in [1.165, 1.54) is 44.5 Å². The molecular weight excluding hydrogens is 1580 g/mol. The minimum atomic E-state index is -2.47. The monoisotopic (exact) mass is 1750 g/mol. The second-order valence-electron chi connectivity index (χ2n) is 38.0. The summed E-state index contributed by atoms with van der Waals surface area (Å²) < 4.78 is 65.3. The molecule has 0 bridgehead atoms. The van der Waals surface area contributed by atoms with Crippen molar-refractivity contribution < 1.29 is 22.0 Å². The second-order valence-corrected chi connectivity index (χ2v) is 38.0. The molecule has 0 spiro atoms. The minimum absolute atomic E-state index is 0.00639. The summed E-state index contributed by atoms with van der Waals surface area (Å²) in [4.78, 5) is 23.4. The fourth-order valence-electron chi connectivity index (χ4n) is 11.9. The first-order valence-corrected chi connectivity index (χ1v) is 43.5. The molecule has 0 amide bonds. The molecule has 6 aromatic carbocycles. The zero-order valence-corrected chi connectivity index (χ0v) is 79.4. The Bertz CT molecular complexity index is 3950. The zero-order chi connectivity index (χ0) is 94.9. The lowest BCUT2D eigenvalue weighted by atomic mass is 9.86. The second kappa shape index (κ2) is 57.9. The van der Waals surface area contributed by atoms with E-state index in [0.717, 1.165) is 55.8 Å². The van der Waals surface area contributed by atoms with E-state index >= 15 is 0 Å². The van der Waals surface area contributed by atoms with Crippen molar-refractivity contribution in [3.63, 3.8) is 0 Å². The molecule has 0 saturated heterocycles. The zero-order valence-electron chi connectivity index (χ0n) is 79.4. The van der Waals surface area contributed by atoms with Gasteiger partial charge in [0.05, 0.1) is 12.1 Å². The quantitative estimate of drug-likeness (QED) is 0.00737. The van der Waals surface area contributed by atoms with E-state index in [1.54, 1.807) is 12.1 Å². The van der Waals surface area contributed by atoms with Gasteiger partial charge in [-0.2, -0.15) is 0 Å². The summed E-state index contributed by atoms with van der Waals surface area (Å²) in [5.41, 5.74) is 78.3. The van der Waals surface area contributed by atoms with Crippen molar-refractivity contribution in [2.45, 2.75) is 267 Å². The van der Waals surface area contributed by atoms with Crippen LogP contribution >= 0.6 is 0 Å². The van der Waals surface area contributed by atoms with Gasteiger partial charge in [-0.3, -0.25) is 30.0 Å². The molecule has 702 valence electrons. The molecule has 29 heteroatoms. The summed E-state index contributed by atoms with van der Waals surface area (Å²) in [5.74, 6) is 1.32. The Morgan fingerprint density at radius 3 is 0.872 bits per heavy atom. The summed E-state index contributed by atoms with van der Waals surface area (Å²) in [6.07, 6.45) is -2.63. The van der Waals surface area contributed by atoms with Gasteiger partial charge in [0.25, 0.3) is 12.9 Å². The van der Waals surface area contributed by atoms with Crippen LogP contribution in [-0.2, 0) is 58.7 Å². The van der Waals surface area contributed by atoms with Gasteiger partial charge >= 0.3 is 0 Å². The van der Waals surface area contributed by atoms with Crippen LogP contribution in [0.1, 0.15) is 250 Å². The van der Waals surface area contributed by atoms with Gasteiger partial charge in [0, 0.05) is 77.5 Å². The number of benzene rings is 6. The number of nitrogens with zero attached hydrogens (tertiary/aromatic N) is 6. The molecule has 30 N–H and O–H groups in total.